The summed E-state index contributed by atoms with van der Waals surface area (Å²) in [5, 5.41) is 3.13. The van der Waals surface area contributed by atoms with Crippen molar-refractivity contribution in [2.24, 2.45) is 0 Å². The van der Waals surface area contributed by atoms with Gasteiger partial charge in [-0.25, -0.2) is 14.4 Å². The third-order valence-corrected chi connectivity index (χ3v) is 2.95. The Labute approximate surface area is 111 Å². The number of aromatic nitrogens is 2. The summed E-state index contributed by atoms with van der Waals surface area (Å²) in [6.07, 6.45) is 1.53. The number of rotatable bonds is 2. The van der Waals surface area contributed by atoms with Crippen LogP contribution in [0.3, 0.4) is 0 Å². The molecule has 17 heavy (non-hydrogen) atoms. The molecule has 0 saturated carbocycles. The molecule has 3 nitrogen and oxygen atoms in total. The monoisotopic (exact) mass is 315 g/mol. The molecule has 0 aliphatic carbocycles. The zero-order valence-electron chi connectivity index (χ0n) is 8.84. The fourth-order valence-electron chi connectivity index (χ4n) is 1.32. The van der Waals surface area contributed by atoms with Crippen LogP contribution in [-0.2, 0) is 0 Å². The third kappa shape index (κ3) is 2.92. The molecule has 2 rings (SSSR count). The van der Waals surface area contributed by atoms with E-state index in [4.69, 9.17) is 11.6 Å². The average Bonchev–Trinajstić information content (AvgIpc) is 2.26. The highest BCUT2D eigenvalue weighted by molar-refractivity contribution is 9.10. The van der Waals surface area contributed by atoms with Crippen molar-refractivity contribution in [2.45, 2.75) is 6.92 Å². The van der Waals surface area contributed by atoms with Crippen LogP contribution in [0.1, 0.15) is 5.56 Å². The Bertz CT molecular complexity index is 562. The lowest BCUT2D eigenvalue weighted by Crippen LogP contribution is -1.97. The van der Waals surface area contributed by atoms with E-state index in [1.54, 1.807) is 12.1 Å². The zero-order chi connectivity index (χ0) is 12.4. The van der Waals surface area contributed by atoms with E-state index in [1.165, 1.54) is 12.3 Å². The van der Waals surface area contributed by atoms with Crippen LogP contribution in [-0.4, -0.2) is 9.97 Å². The highest BCUT2D eigenvalue weighted by Gasteiger charge is 2.06. The summed E-state index contributed by atoms with van der Waals surface area (Å²) in [4.78, 5) is 7.74. The van der Waals surface area contributed by atoms with E-state index in [0.29, 0.717) is 16.0 Å². The predicted octanol–water partition coefficient (Wildman–Crippen LogP) is 4.08. The second-order valence-electron chi connectivity index (χ2n) is 3.42. The van der Waals surface area contributed by atoms with Crippen molar-refractivity contribution in [1.82, 2.24) is 9.97 Å². The van der Waals surface area contributed by atoms with Crippen LogP contribution in [0.4, 0.5) is 15.9 Å². The van der Waals surface area contributed by atoms with E-state index in [-0.39, 0.29) is 11.1 Å². The number of anilines is 2. The first kappa shape index (κ1) is 12.3. The molecule has 0 amide bonds. The molecule has 0 aliphatic heterocycles. The van der Waals surface area contributed by atoms with E-state index < -0.39 is 0 Å². The minimum atomic E-state index is -0.335. The predicted molar refractivity (Wildman–Crippen MR) is 69.2 cm³/mol. The Morgan fingerprint density at radius 2 is 2.18 bits per heavy atom. The molecule has 2 aromatic rings. The van der Waals surface area contributed by atoms with Gasteiger partial charge in [0.1, 0.15) is 11.6 Å². The van der Waals surface area contributed by atoms with Crippen molar-refractivity contribution in [3.8, 4) is 0 Å². The number of benzene rings is 1. The van der Waals surface area contributed by atoms with Gasteiger partial charge in [0.15, 0.2) is 0 Å². The summed E-state index contributed by atoms with van der Waals surface area (Å²) in [5.74, 6) is 0.188. The van der Waals surface area contributed by atoms with Gasteiger partial charge < -0.3 is 5.32 Å². The smallest absolute Gasteiger partial charge is 0.224 e. The summed E-state index contributed by atoms with van der Waals surface area (Å²) < 4.78 is 13.8. The van der Waals surface area contributed by atoms with E-state index in [0.717, 1.165) is 5.56 Å². The van der Waals surface area contributed by atoms with Crippen LogP contribution in [0.15, 0.2) is 28.9 Å². The van der Waals surface area contributed by atoms with Crippen molar-refractivity contribution in [1.29, 1.82) is 0 Å². The molecule has 0 spiro atoms. The molecule has 1 aromatic heterocycles. The van der Waals surface area contributed by atoms with Crippen LogP contribution >= 0.6 is 27.5 Å². The summed E-state index contributed by atoms with van der Waals surface area (Å²) in [6, 6.07) is 4.75. The van der Waals surface area contributed by atoms with Crippen molar-refractivity contribution < 1.29 is 4.39 Å². The van der Waals surface area contributed by atoms with Gasteiger partial charge in [-0.05, 0) is 58.2 Å². The fourth-order valence-corrected chi connectivity index (χ4v) is 1.93. The molecule has 0 fully saturated rings. The van der Waals surface area contributed by atoms with Crippen molar-refractivity contribution >= 4 is 39.0 Å². The summed E-state index contributed by atoms with van der Waals surface area (Å²) in [7, 11) is 0. The Morgan fingerprint density at radius 1 is 1.41 bits per heavy atom. The van der Waals surface area contributed by atoms with Crippen molar-refractivity contribution in [3.63, 3.8) is 0 Å². The molecule has 1 aromatic carbocycles. The first-order chi connectivity index (χ1) is 8.06. The average molecular weight is 317 g/mol. The van der Waals surface area contributed by atoms with Crippen LogP contribution in [0.25, 0.3) is 0 Å². The molecule has 88 valence electrons. The molecule has 6 heteroatoms. The number of hydrogen-bond acceptors (Lipinski definition) is 3. The number of nitrogens with one attached hydrogen (secondary N) is 1. The second kappa shape index (κ2) is 4.98. The maximum Gasteiger partial charge on any atom is 0.224 e. The molecule has 1 heterocycles. The van der Waals surface area contributed by atoms with Gasteiger partial charge in [0.05, 0.1) is 4.47 Å². The topological polar surface area (TPSA) is 37.8 Å². The lowest BCUT2D eigenvalue weighted by Gasteiger charge is -2.09. The standard InChI is InChI=1S/C11H8BrClFN3/c1-6-4-7(12)8(14)5-9(6)16-10-2-3-15-11(13)17-10/h2-5H,1H3,(H,15,16,17). The van der Waals surface area contributed by atoms with Crippen LogP contribution in [0, 0.1) is 12.7 Å². The minimum absolute atomic E-state index is 0.144. The zero-order valence-corrected chi connectivity index (χ0v) is 11.2. The maximum absolute atomic E-state index is 13.4. The van der Waals surface area contributed by atoms with Gasteiger partial charge in [0.25, 0.3) is 0 Å². The molecular weight excluding hydrogens is 308 g/mol. The molecule has 0 aliphatic rings. The molecule has 0 radical (unpaired) electrons. The summed E-state index contributed by atoms with van der Waals surface area (Å²) in [5.41, 5.74) is 1.54. The Balaban J connectivity index is 2.33. The molecular formula is C11H8BrClFN3. The molecule has 0 bridgehead atoms. The lowest BCUT2D eigenvalue weighted by atomic mass is 10.2. The fraction of sp³-hybridized carbons (Fsp3) is 0.0909. The first-order valence-electron chi connectivity index (χ1n) is 4.77. The van der Waals surface area contributed by atoms with Gasteiger partial charge in [0.2, 0.25) is 5.28 Å². The van der Waals surface area contributed by atoms with Crippen LogP contribution in [0.5, 0.6) is 0 Å². The SMILES string of the molecule is Cc1cc(Br)c(F)cc1Nc1ccnc(Cl)n1. The number of nitrogens with zero attached hydrogens (tertiary/aromatic N) is 2. The Kier molecular flexibility index (Phi) is 3.59. The van der Waals surface area contributed by atoms with E-state index in [9.17, 15) is 4.39 Å². The van der Waals surface area contributed by atoms with Gasteiger partial charge in [-0.2, -0.15) is 0 Å². The molecule has 1 N–H and O–H groups in total. The maximum atomic E-state index is 13.4. The Morgan fingerprint density at radius 3 is 2.88 bits per heavy atom. The van der Waals surface area contributed by atoms with Gasteiger partial charge in [-0.15, -0.1) is 0 Å². The number of aryl methyl sites for hydroxylation is 1. The van der Waals surface area contributed by atoms with E-state index in [2.05, 4.69) is 31.2 Å². The molecule has 0 saturated heterocycles. The van der Waals surface area contributed by atoms with E-state index in [1.807, 2.05) is 6.92 Å². The number of halogens is 3. The van der Waals surface area contributed by atoms with Crippen LogP contribution in [0.2, 0.25) is 5.28 Å². The van der Waals surface area contributed by atoms with Crippen molar-refractivity contribution in [3.05, 3.63) is 45.5 Å². The quantitative estimate of drug-likeness (QED) is 0.848. The lowest BCUT2D eigenvalue weighted by molar-refractivity contribution is 0.621. The van der Waals surface area contributed by atoms with Gasteiger partial charge in [-0.1, -0.05) is 0 Å². The van der Waals surface area contributed by atoms with Crippen LogP contribution < -0.4 is 5.32 Å². The largest absolute Gasteiger partial charge is 0.340 e. The van der Waals surface area contributed by atoms with Crippen molar-refractivity contribution in [2.75, 3.05) is 5.32 Å². The summed E-state index contributed by atoms with van der Waals surface area (Å²) >= 11 is 8.79. The van der Waals surface area contributed by atoms with Gasteiger partial charge in [-0.3, -0.25) is 0 Å². The third-order valence-electron chi connectivity index (χ3n) is 2.16. The van der Waals surface area contributed by atoms with E-state index >= 15 is 0 Å². The Hall–Kier alpha value is -1.20. The molecule has 0 unspecified atom stereocenters. The van der Waals surface area contributed by atoms with Gasteiger partial charge in [0, 0.05) is 11.9 Å². The molecule has 0 atom stereocenters. The number of hydrogen-bond donors (Lipinski definition) is 1. The first-order valence-corrected chi connectivity index (χ1v) is 5.94. The normalized spacial score (nSPS) is 10.4. The van der Waals surface area contributed by atoms with Gasteiger partial charge >= 0.3 is 0 Å². The highest BCUT2D eigenvalue weighted by Crippen LogP contribution is 2.26. The highest BCUT2D eigenvalue weighted by atomic mass is 79.9. The minimum Gasteiger partial charge on any atom is -0.340 e. The second-order valence-corrected chi connectivity index (χ2v) is 4.61. The summed E-state index contributed by atoms with van der Waals surface area (Å²) in [6.45, 7) is 1.87.